The lowest BCUT2D eigenvalue weighted by Gasteiger charge is -2.14. The van der Waals surface area contributed by atoms with E-state index >= 15 is 0 Å². The zero-order chi connectivity index (χ0) is 9.03. The highest BCUT2D eigenvalue weighted by molar-refractivity contribution is 5.87. The maximum Gasteiger partial charge on any atom is 0.407 e. The van der Waals surface area contributed by atoms with Gasteiger partial charge in [-0.05, 0) is 19.4 Å². The lowest BCUT2D eigenvalue weighted by atomic mass is 10.1. The Labute approximate surface area is 68.9 Å². The molecule has 0 unspecified atom stereocenters. The molecule has 70 valence electrons. The molecule has 0 atom stereocenters. The smallest absolute Gasteiger partial charge is 0.311 e. The number of hydrogen-bond acceptors (Lipinski definition) is 2. The normalized spacial score (nSPS) is 23.1. The van der Waals surface area contributed by atoms with Crippen LogP contribution < -0.4 is 5.32 Å². The lowest BCUT2D eigenvalue weighted by molar-refractivity contribution is -0.118. The van der Waals surface area contributed by atoms with E-state index in [9.17, 15) is 13.2 Å². The predicted octanol–water partition coefficient (Wildman–Crippen LogP) is 1.37. The first-order chi connectivity index (χ1) is 5.58. The Bertz CT molecular complexity index is 166. The van der Waals surface area contributed by atoms with Gasteiger partial charge in [0.05, 0.1) is 0 Å². The molecule has 0 aromatic heterocycles. The highest BCUT2D eigenvalue weighted by Crippen LogP contribution is 2.15. The zero-order valence-corrected chi connectivity index (χ0v) is 6.62. The quantitative estimate of drug-likeness (QED) is 0.647. The van der Waals surface area contributed by atoms with Crippen LogP contribution in [0, 0.1) is 0 Å². The van der Waals surface area contributed by atoms with Gasteiger partial charge in [-0.3, -0.25) is 4.99 Å². The molecule has 1 N–H and O–H groups in total. The molecular weight excluding hydrogens is 169 g/mol. The molecule has 0 saturated carbocycles. The molecule has 1 fully saturated rings. The van der Waals surface area contributed by atoms with E-state index < -0.39 is 12.7 Å². The summed E-state index contributed by atoms with van der Waals surface area (Å²) in [6, 6.07) is 0. The van der Waals surface area contributed by atoms with Crippen molar-refractivity contribution in [3.63, 3.8) is 0 Å². The molecule has 1 aliphatic heterocycles. The van der Waals surface area contributed by atoms with Crippen molar-refractivity contribution in [1.82, 2.24) is 5.32 Å². The van der Waals surface area contributed by atoms with Crippen molar-refractivity contribution < 1.29 is 13.2 Å². The molecule has 0 aromatic carbocycles. The van der Waals surface area contributed by atoms with Crippen molar-refractivity contribution in [2.24, 2.45) is 4.99 Å². The highest BCUT2D eigenvalue weighted by Gasteiger charge is 2.26. The molecule has 0 aromatic rings. The van der Waals surface area contributed by atoms with E-state index in [1.54, 1.807) is 0 Å². The van der Waals surface area contributed by atoms with E-state index in [1.807, 2.05) is 0 Å². The number of halogens is 3. The van der Waals surface area contributed by atoms with E-state index in [4.69, 9.17) is 0 Å². The molecule has 0 amide bonds. The van der Waals surface area contributed by atoms with Gasteiger partial charge in [0.2, 0.25) is 0 Å². The van der Waals surface area contributed by atoms with E-state index in [2.05, 4.69) is 10.3 Å². The van der Waals surface area contributed by atoms with Crippen LogP contribution in [0.3, 0.4) is 0 Å². The zero-order valence-electron chi connectivity index (χ0n) is 6.62. The summed E-state index contributed by atoms with van der Waals surface area (Å²) in [4.78, 5) is 3.48. The van der Waals surface area contributed by atoms with Crippen molar-refractivity contribution in [3.8, 4) is 0 Å². The number of aliphatic imine (C=N–C) groups is 1. The first-order valence-corrected chi connectivity index (χ1v) is 3.87. The molecule has 1 aliphatic rings. The van der Waals surface area contributed by atoms with Crippen LogP contribution in [0.1, 0.15) is 12.8 Å². The van der Waals surface area contributed by atoms with Crippen molar-refractivity contribution in [2.45, 2.75) is 19.0 Å². The van der Waals surface area contributed by atoms with Gasteiger partial charge in [-0.2, -0.15) is 13.2 Å². The van der Waals surface area contributed by atoms with Gasteiger partial charge in [0.15, 0.2) is 0 Å². The van der Waals surface area contributed by atoms with E-state index in [0.717, 1.165) is 13.0 Å². The minimum Gasteiger partial charge on any atom is -0.311 e. The second kappa shape index (κ2) is 3.89. The second-order valence-corrected chi connectivity index (χ2v) is 2.78. The molecule has 0 bridgehead atoms. The predicted molar refractivity (Wildman–Crippen MR) is 40.5 cm³/mol. The number of nitrogens with zero attached hydrogens (tertiary/aromatic N) is 1. The van der Waals surface area contributed by atoms with Crippen LogP contribution in [-0.2, 0) is 0 Å². The molecule has 0 radical (unpaired) electrons. The molecule has 5 heteroatoms. The van der Waals surface area contributed by atoms with Gasteiger partial charge in [0.25, 0.3) is 0 Å². The Morgan fingerprint density at radius 1 is 1.42 bits per heavy atom. The van der Waals surface area contributed by atoms with Crippen LogP contribution >= 0.6 is 0 Å². The minimum atomic E-state index is -4.16. The van der Waals surface area contributed by atoms with Crippen LogP contribution in [0.2, 0.25) is 0 Å². The van der Waals surface area contributed by atoms with Gasteiger partial charge in [-0.15, -0.1) is 0 Å². The highest BCUT2D eigenvalue weighted by atomic mass is 19.4. The third-order valence-corrected chi connectivity index (χ3v) is 1.63. The van der Waals surface area contributed by atoms with Crippen molar-refractivity contribution >= 4 is 5.71 Å². The molecule has 12 heavy (non-hydrogen) atoms. The van der Waals surface area contributed by atoms with Crippen molar-refractivity contribution in [2.75, 3.05) is 19.6 Å². The standard InChI is InChI=1S/C7H11F3N2/c8-7(9,10)5-12-6-2-1-3-11-4-6/h11H,1-5H2. The Morgan fingerprint density at radius 3 is 2.67 bits per heavy atom. The maximum atomic E-state index is 11.7. The monoisotopic (exact) mass is 180 g/mol. The summed E-state index contributed by atoms with van der Waals surface area (Å²) >= 11 is 0. The molecular formula is C7H11F3N2. The summed E-state index contributed by atoms with van der Waals surface area (Å²) in [6.07, 6.45) is -2.58. The summed E-state index contributed by atoms with van der Waals surface area (Å²) in [6.45, 7) is 0.352. The summed E-state index contributed by atoms with van der Waals surface area (Å²) < 4.78 is 35.0. The van der Waals surface area contributed by atoms with E-state index in [0.29, 0.717) is 18.7 Å². The number of piperidine rings is 1. The van der Waals surface area contributed by atoms with Crippen molar-refractivity contribution in [3.05, 3.63) is 0 Å². The van der Waals surface area contributed by atoms with E-state index in [1.165, 1.54) is 0 Å². The van der Waals surface area contributed by atoms with Gasteiger partial charge in [-0.25, -0.2) is 0 Å². The molecule has 1 rings (SSSR count). The lowest BCUT2D eigenvalue weighted by Crippen LogP contribution is -2.30. The summed E-state index contributed by atoms with van der Waals surface area (Å²) in [5, 5.41) is 2.97. The summed E-state index contributed by atoms with van der Waals surface area (Å²) in [5.41, 5.74) is 0.638. The fourth-order valence-electron chi connectivity index (χ4n) is 1.07. The minimum absolute atomic E-state index is 0.510. The Balaban J connectivity index is 2.35. The fraction of sp³-hybridized carbons (Fsp3) is 0.857. The summed E-state index contributed by atoms with van der Waals surface area (Å²) in [7, 11) is 0. The topological polar surface area (TPSA) is 24.4 Å². The average Bonchev–Trinajstić information content (AvgIpc) is 2.02. The number of hydrogen-bond donors (Lipinski definition) is 1. The molecule has 1 saturated heterocycles. The van der Waals surface area contributed by atoms with Gasteiger partial charge in [0.1, 0.15) is 6.54 Å². The first-order valence-electron chi connectivity index (χ1n) is 3.87. The number of alkyl halides is 3. The molecule has 0 spiro atoms. The number of nitrogens with one attached hydrogen (secondary N) is 1. The van der Waals surface area contributed by atoms with Crippen LogP contribution in [0.15, 0.2) is 4.99 Å². The van der Waals surface area contributed by atoms with Crippen molar-refractivity contribution in [1.29, 1.82) is 0 Å². The maximum absolute atomic E-state index is 11.7. The molecule has 0 aliphatic carbocycles. The first kappa shape index (κ1) is 9.51. The summed E-state index contributed by atoms with van der Waals surface area (Å²) in [5.74, 6) is 0. The number of rotatable bonds is 1. The van der Waals surface area contributed by atoms with Crippen LogP contribution in [0.5, 0.6) is 0 Å². The fourth-order valence-corrected chi connectivity index (χ4v) is 1.07. The Hall–Kier alpha value is -0.580. The second-order valence-electron chi connectivity index (χ2n) is 2.78. The SMILES string of the molecule is FC(F)(F)CN=C1CCCNC1. The Kier molecular flexibility index (Phi) is 3.08. The third kappa shape index (κ3) is 3.71. The van der Waals surface area contributed by atoms with Gasteiger partial charge < -0.3 is 5.32 Å². The van der Waals surface area contributed by atoms with Gasteiger partial charge >= 0.3 is 6.18 Å². The third-order valence-electron chi connectivity index (χ3n) is 1.63. The van der Waals surface area contributed by atoms with Gasteiger partial charge in [0, 0.05) is 12.3 Å². The van der Waals surface area contributed by atoms with E-state index in [-0.39, 0.29) is 0 Å². The van der Waals surface area contributed by atoms with Crippen LogP contribution in [0.25, 0.3) is 0 Å². The average molecular weight is 180 g/mol. The van der Waals surface area contributed by atoms with Gasteiger partial charge in [-0.1, -0.05) is 0 Å². The Morgan fingerprint density at radius 2 is 2.17 bits per heavy atom. The molecule has 2 nitrogen and oxygen atoms in total. The van der Waals surface area contributed by atoms with Crippen LogP contribution in [0.4, 0.5) is 13.2 Å². The van der Waals surface area contributed by atoms with Crippen LogP contribution in [-0.4, -0.2) is 31.5 Å². The molecule has 1 heterocycles. The largest absolute Gasteiger partial charge is 0.407 e.